The van der Waals surface area contributed by atoms with Gasteiger partial charge in [-0.3, -0.25) is 4.79 Å². The first-order valence-electron chi connectivity index (χ1n) is 4.80. The Morgan fingerprint density at radius 3 is 2.38 bits per heavy atom. The van der Waals surface area contributed by atoms with Crippen molar-refractivity contribution in [2.75, 3.05) is 6.54 Å². The van der Waals surface area contributed by atoms with Crippen molar-refractivity contribution in [2.24, 2.45) is 5.41 Å². The number of likely N-dealkylation sites (tertiary alicyclic amines) is 1. The molecule has 1 aliphatic rings. The van der Waals surface area contributed by atoms with Gasteiger partial charge < -0.3 is 10.0 Å². The van der Waals surface area contributed by atoms with Crippen molar-refractivity contribution in [3.8, 4) is 0 Å². The van der Waals surface area contributed by atoms with Gasteiger partial charge in [0.2, 0.25) is 5.91 Å². The van der Waals surface area contributed by atoms with E-state index in [4.69, 9.17) is 0 Å². The van der Waals surface area contributed by atoms with E-state index < -0.39 is 6.10 Å². The van der Waals surface area contributed by atoms with Crippen LogP contribution in [0.5, 0.6) is 0 Å². The molecule has 3 heteroatoms. The molecule has 0 aliphatic carbocycles. The molecule has 0 bridgehead atoms. The monoisotopic (exact) mass is 185 g/mol. The molecule has 2 unspecified atom stereocenters. The highest BCUT2D eigenvalue weighted by molar-refractivity contribution is 5.79. The first kappa shape index (κ1) is 10.5. The van der Waals surface area contributed by atoms with E-state index in [2.05, 4.69) is 20.8 Å². The Morgan fingerprint density at radius 2 is 2.08 bits per heavy atom. The Bertz CT molecular complexity index is 207. The first-order chi connectivity index (χ1) is 5.82. The lowest BCUT2D eigenvalue weighted by Gasteiger charge is -2.35. The van der Waals surface area contributed by atoms with Gasteiger partial charge in [-0.2, -0.15) is 0 Å². The van der Waals surface area contributed by atoms with Crippen LogP contribution in [0.25, 0.3) is 0 Å². The number of β-amino-alcohol motifs (C(OH)–C–C–N with tert-alkyl or cyclic N) is 1. The van der Waals surface area contributed by atoms with E-state index in [0.29, 0.717) is 13.0 Å². The Balaban J connectivity index is 2.68. The van der Waals surface area contributed by atoms with Gasteiger partial charge >= 0.3 is 0 Å². The lowest BCUT2D eigenvalue weighted by atomic mass is 9.87. The van der Waals surface area contributed by atoms with Crippen LogP contribution in [0.1, 0.15) is 34.1 Å². The zero-order chi connectivity index (χ0) is 10.2. The fourth-order valence-electron chi connectivity index (χ4n) is 1.55. The number of aliphatic hydroxyl groups excluding tert-OH is 1. The van der Waals surface area contributed by atoms with E-state index in [1.807, 2.05) is 6.92 Å². The van der Waals surface area contributed by atoms with Crippen LogP contribution < -0.4 is 0 Å². The van der Waals surface area contributed by atoms with Gasteiger partial charge in [-0.1, -0.05) is 20.8 Å². The lowest BCUT2D eigenvalue weighted by molar-refractivity contribution is -0.131. The van der Waals surface area contributed by atoms with Crippen molar-refractivity contribution < 1.29 is 9.90 Å². The zero-order valence-corrected chi connectivity index (χ0v) is 8.87. The number of aliphatic hydroxyl groups is 1. The van der Waals surface area contributed by atoms with Gasteiger partial charge in [0.25, 0.3) is 0 Å². The number of hydrogen-bond acceptors (Lipinski definition) is 2. The normalized spacial score (nSPS) is 26.7. The summed E-state index contributed by atoms with van der Waals surface area (Å²) in [4.78, 5) is 13.2. The molecule has 3 nitrogen and oxygen atoms in total. The van der Waals surface area contributed by atoms with Crippen molar-refractivity contribution in [2.45, 2.75) is 46.3 Å². The van der Waals surface area contributed by atoms with Crippen LogP contribution in [-0.2, 0) is 4.79 Å². The van der Waals surface area contributed by atoms with E-state index in [0.717, 1.165) is 0 Å². The molecule has 76 valence electrons. The summed E-state index contributed by atoms with van der Waals surface area (Å²) < 4.78 is 0. The maximum atomic E-state index is 11.4. The van der Waals surface area contributed by atoms with Gasteiger partial charge in [-0.15, -0.1) is 0 Å². The molecule has 0 radical (unpaired) electrons. The molecular weight excluding hydrogens is 166 g/mol. The summed E-state index contributed by atoms with van der Waals surface area (Å²) in [5.41, 5.74) is 0.0831. The fraction of sp³-hybridized carbons (Fsp3) is 0.900. The van der Waals surface area contributed by atoms with Gasteiger partial charge in [-0.25, -0.2) is 0 Å². The molecule has 0 spiro atoms. The second kappa shape index (κ2) is 3.29. The van der Waals surface area contributed by atoms with Crippen LogP contribution in [0, 0.1) is 5.41 Å². The molecule has 0 aromatic carbocycles. The largest absolute Gasteiger partial charge is 0.391 e. The predicted octanol–water partition coefficient (Wildman–Crippen LogP) is 1.01. The first-order valence-corrected chi connectivity index (χ1v) is 4.80. The number of hydrogen-bond donors (Lipinski definition) is 1. The molecule has 0 saturated carbocycles. The molecule has 0 aromatic rings. The van der Waals surface area contributed by atoms with Crippen molar-refractivity contribution >= 4 is 5.91 Å². The number of amides is 1. The number of rotatable bonds is 1. The standard InChI is InChI=1S/C10H19NO2/c1-7(10(2,3)4)11-6-8(12)5-9(11)13/h7-8,12H,5-6H2,1-4H3. The summed E-state index contributed by atoms with van der Waals surface area (Å²) in [6.45, 7) is 8.86. The summed E-state index contributed by atoms with van der Waals surface area (Å²) in [5, 5.41) is 9.32. The molecule has 1 N–H and O–H groups in total. The van der Waals surface area contributed by atoms with E-state index in [1.54, 1.807) is 4.90 Å². The van der Waals surface area contributed by atoms with Crippen LogP contribution in [0.3, 0.4) is 0 Å². The van der Waals surface area contributed by atoms with Crippen molar-refractivity contribution in [3.05, 3.63) is 0 Å². The van der Waals surface area contributed by atoms with E-state index in [-0.39, 0.29) is 17.4 Å². The smallest absolute Gasteiger partial charge is 0.225 e. The third kappa shape index (κ3) is 2.21. The molecule has 1 saturated heterocycles. The van der Waals surface area contributed by atoms with E-state index in [1.165, 1.54) is 0 Å². The number of carbonyl (C=O) groups is 1. The fourth-order valence-corrected chi connectivity index (χ4v) is 1.55. The van der Waals surface area contributed by atoms with Gasteiger partial charge in [0.15, 0.2) is 0 Å². The quantitative estimate of drug-likeness (QED) is 0.662. The van der Waals surface area contributed by atoms with Gasteiger partial charge in [0, 0.05) is 12.6 Å². The van der Waals surface area contributed by atoms with E-state index >= 15 is 0 Å². The molecule has 13 heavy (non-hydrogen) atoms. The topological polar surface area (TPSA) is 40.5 Å². The third-order valence-electron chi connectivity index (χ3n) is 2.86. The van der Waals surface area contributed by atoms with Gasteiger partial charge in [0.05, 0.1) is 12.5 Å². The third-order valence-corrected chi connectivity index (χ3v) is 2.86. The SMILES string of the molecule is CC(N1CC(O)CC1=O)C(C)(C)C. The van der Waals surface area contributed by atoms with Crippen LogP contribution in [0.4, 0.5) is 0 Å². The maximum absolute atomic E-state index is 11.4. The Labute approximate surface area is 79.7 Å². The van der Waals surface area contributed by atoms with Crippen LogP contribution in [-0.4, -0.2) is 34.6 Å². The molecule has 1 fully saturated rings. The average molecular weight is 185 g/mol. The predicted molar refractivity (Wildman–Crippen MR) is 51.3 cm³/mol. The summed E-state index contributed by atoms with van der Waals surface area (Å²) >= 11 is 0. The molecule has 1 aliphatic heterocycles. The number of nitrogens with zero attached hydrogens (tertiary/aromatic N) is 1. The Kier molecular flexibility index (Phi) is 2.66. The number of carbonyl (C=O) groups excluding carboxylic acids is 1. The minimum Gasteiger partial charge on any atom is -0.391 e. The van der Waals surface area contributed by atoms with Crippen LogP contribution in [0.2, 0.25) is 0 Å². The lowest BCUT2D eigenvalue weighted by Crippen LogP contribution is -2.43. The minimum atomic E-state index is -0.461. The Morgan fingerprint density at radius 1 is 1.54 bits per heavy atom. The average Bonchev–Trinajstić information content (AvgIpc) is 2.26. The molecular formula is C10H19NO2. The van der Waals surface area contributed by atoms with Crippen molar-refractivity contribution in [3.63, 3.8) is 0 Å². The summed E-state index contributed by atoms with van der Waals surface area (Å²) in [6.07, 6.45) is -0.169. The summed E-state index contributed by atoms with van der Waals surface area (Å²) in [6, 6.07) is 0.192. The second-order valence-electron chi connectivity index (χ2n) is 4.95. The van der Waals surface area contributed by atoms with Crippen molar-refractivity contribution in [1.82, 2.24) is 4.90 Å². The van der Waals surface area contributed by atoms with E-state index in [9.17, 15) is 9.90 Å². The second-order valence-corrected chi connectivity index (χ2v) is 4.95. The zero-order valence-electron chi connectivity index (χ0n) is 8.87. The molecule has 1 rings (SSSR count). The highest BCUT2D eigenvalue weighted by Crippen LogP contribution is 2.27. The highest BCUT2D eigenvalue weighted by Gasteiger charge is 2.36. The molecule has 0 aromatic heterocycles. The molecule has 2 atom stereocenters. The maximum Gasteiger partial charge on any atom is 0.225 e. The van der Waals surface area contributed by atoms with Crippen LogP contribution >= 0.6 is 0 Å². The van der Waals surface area contributed by atoms with Gasteiger partial charge in [-0.05, 0) is 12.3 Å². The highest BCUT2D eigenvalue weighted by atomic mass is 16.3. The molecule has 1 heterocycles. The minimum absolute atomic E-state index is 0.0786. The van der Waals surface area contributed by atoms with Gasteiger partial charge in [0.1, 0.15) is 0 Å². The van der Waals surface area contributed by atoms with Crippen LogP contribution in [0.15, 0.2) is 0 Å². The summed E-state index contributed by atoms with van der Waals surface area (Å²) in [7, 11) is 0. The van der Waals surface area contributed by atoms with Crippen molar-refractivity contribution in [1.29, 1.82) is 0 Å². The Hall–Kier alpha value is -0.570. The molecule has 1 amide bonds. The summed E-state index contributed by atoms with van der Waals surface area (Å²) in [5.74, 6) is 0.0786.